The molecule has 1 aromatic carbocycles. The summed E-state index contributed by atoms with van der Waals surface area (Å²) in [5, 5.41) is 5.92. The van der Waals surface area contributed by atoms with Gasteiger partial charge >= 0.3 is 0 Å². The van der Waals surface area contributed by atoms with Crippen molar-refractivity contribution < 1.29 is 4.79 Å². The summed E-state index contributed by atoms with van der Waals surface area (Å²) in [5.41, 5.74) is 7.80. The summed E-state index contributed by atoms with van der Waals surface area (Å²) in [5.74, 6) is -0.0955. The number of amides is 1. The van der Waals surface area contributed by atoms with Crippen molar-refractivity contribution in [1.82, 2.24) is 5.32 Å². The van der Waals surface area contributed by atoms with E-state index in [-0.39, 0.29) is 11.9 Å². The molecule has 0 saturated carbocycles. The molecule has 92 valence electrons. The van der Waals surface area contributed by atoms with Crippen LogP contribution in [0, 0.1) is 0 Å². The largest absolute Gasteiger partial charge is 0.397 e. The van der Waals surface area contributed by atoms with E-state index in [0.29, 0.717) is 17.8 Å². The van der Waals surface area contributed by atoms with Crippen LogP contribution in [0.3, 0.4) is 0 Å². The second kappa shape index (κ2) is 5.94. The van der Waals surface area contributed by atoms with Crippen LogP contribution in [-0.2, 0) is 0 Å². The molecule has 0 radical (unpaired) electrons. The van der Waals surface area contributed by atoms with E-state index in [2.05, 4.69) is 17.2 Å². The zero-order valence-electron chi connectivity index (χ0n) is 10.3. The number of nitrogen functional groups attached to an aromatic ring is 1. The Labute approximate surface area is 102 Å². The third-order valence-corrected chi connectivity index (χ3v) is 2.39. The van der Waals surface area contributed by atoms with E-state index in [1.54, 1.807) is 24.3 Å². The Morgan fingerprint density at radius 1 is 1.59 bits per heavy atom. The van der Waals surface area contributed by atoms with Crippen LogP contribution in [0.5, 0.6) is 0 Å². The van der Waals surface area contributed by atoms with E-state index in [9.17, 15) is 4.79 Å². The fraction of sp³-hybridized carbons (Fsp3) is 0.308. The number of nitrogens with one attached hydrogen (secondary N) is 2. The number of rotatable bonds is 5. The molecule has 4 nitrogen and oxygen atoms in total. The first-order chi connectivity index (χ1) is 8.08. The number of hydrogen-bond acceptors (Lipinski definition) is 3. The van der Waals surface area contributed by atoms with Gasteiger partial charge in [-0.15, -0.1) is 6.58 Å². The molecule has 1 atom stereocenters. The summed E-state index contributed by atoms with van der Waals surface area (Å²) in [4.78, 5) is 11.7. The van der Waals surface area contributed by atoms with Crippen molar-refractivity contribution in [2.24, 2.45) is 0 Å². The Kier molecular flexibility index (Phi) is 4.57. The summed E-state index contributed by atoms with van der Waals surface area (Å²) in [6.07, 6.45) is 1.78. The summed E-state index contributed by atoms with van der Waals surface area (Å²) in [6.45, 7) is 8.14. The van der Waals surface area contributed by atoms with Crippen LogP contribution in [0.25, 0.3) is 0 Å². The van der Waals surface area contributed by atoms with E-state index in [1.807, 2.05) is 13.8 Å². The molecule has 0 aliphatic rings. The maximum atomic E-state index is 11.7. The first-order valence-electron chi connectivity index (χ1n) is 5.65. The Hall–Kier alpha value is -1.97. The van der Waals surface area contributed by atoms with Gasteiger partial charge in [0.25, 0.3) is 5.91 Å². The molecule has 1 aromatic rings. The SMILES string of the molecule is C=CC(C)Nc1cc(C(=O)NCC)ccc1N. The lowest BCUT2D eigenvalue weighted by Crippen LogP contribution is -2.23. The number of anilines is 2. The highest BCUT2D eigenvalue weighted by Crippen LogP contribution is 2.21. The van der Waals surface area contributed by atoms with Gasteiger partial charge in [0.2, 0.25) is 0 Å². The minimum absolute atomic E-state index is 0.0955. The van der Waals surface area contributed by atoms with Crippen molar-refractivity contribution in [3.05, 3.63) is 36.4 Å². The molecule has 4 heteroatoms. The highest BCUT2D eigenvalue weighted by atomic mass is 16.1. The van der Waals surface area contributed by atoms with Crippen LogP contribution >= 0.6 is 0 Å². The number of benzene rings is 1. The molecule has 1 amide bonds. The molecule has 0 fully saturated rings. The van der Waals surface area contributed by atoms with Crippen molar-refractivity contribution in [2.75, 3.05) is 17.6 Å². The summed E-state index contributed by atoms with van der Waals surface area (Å²) in [7, 11) is 0. The monoisotopic (exact) mass is 233 g/mol. The van der Waals surface area contributed by atoms with Gasteiger partial charge in [-0.25, -0.2) is 0 Å². The first-order valence-corrected chi connectivity index (χ1v) is 5.65. The van der Waals surface area contributed by atoms with Crippen LogP contribution in [-0.4, -0.2) is 18.5 Å². The van der Waals surface area contributed by atoms with Crippen molar-refractivity contribution in [3.8, 4) is 0 Å². The number of nitrogens with two attached hydrogens (primary N) is 1. The molecule has 0 spiro atoms. The van der Waals surface area contributed by atoms with E-state index in [4.69, 9.17) is 5.73 Å². The molecular weight excluding hydrogens is 214 g/mol. The molecule has 0 aromatic heterocycles. The number of carbonyl (C=O) groups excluding carboxylic acids is 1. The maximum Gasteiger partial charge on any atom is 0.251 e. The van der Waals surface area contributed by atoms with Gasteiger partial charge in [-0.05, 0) is 32.0 Å². The number of hydrogen-bond donors (Lipinski definition) is 3. The Morgan fingerprint density at radius 3 is 2.88 bits per heavy atom. The predicted molar refractivity (Wildman–Crippen MR) is 72.1 cm³/mol. The highest BCUT2D eigenvalue weighted by Gasteiger charge is 2.08. The zero-order valence-corrected chi connectivity index (χ0v) is 10.3. The van der Waals surface area contributed by atoms with Gasteiger partial charge in [-0.2, -0.15) is 0 Å². The van der Waals surface area contributed by atoms with Gasteiger partial charge in [0.15, 0.2) is 0 Å². The molecule has 0 saturated heterocycles. The van der Waals surface area contributed by atoms with E-state index in [1.165, 1.54) is 0 Å². The van der Waals surface area contributed by atoms with Gasteiger partial charge in [-0.1, -0.05) is 6.08 Å². The van der Waals surface area contributed by atoms with E-state index >= 15 is 0 Å². The Bertz CT molecular complexity index is 415. The third kappa shape index (κ3) is 3.52. The van der Waals surface area contributed by atoms with Crippen molar-refractivity contribution in [3.63, 3.8) is 0 Å². The van der Waals surface area contributed by atoms with Crippen molar-refractivity contribution >= 4 is 17.3 Å². The molecular formula is C13H19N3O. The van der Waals surface area contributed by atoms with Gasteiger partial charge in [0.1, 0.15) is 0 Å². The van der Waals surface area contributed by atoms with Gasteiger partial charge < -0.3 is 16.4 Å². The van der Waals surface area contributed by atoms with Crippen LogP contribution in [0.4, 0.5) is 11.4 Å². The Balaban J connectivity index is 2.93. The Morgan fingerprint density at radius 2 is 2.29 bits per heavy atom. The summed E-state index contributed by atoms with van der Waals surface area (Å²) in [6, 6.07) is 5.29. The lowest BCUT2D eigenvalue weighted by Gasteiger charge is -2.14. The molecule has 0 aliphatic heterocycles. The predicted octanol–water partition coefficient (Wildman–Crippen LogP) is 2.00. The second-order valence-electron chi connectivity index (χ2n) is 3.83. The second-order valence-corrected chi connectivity index (χ2v) is 3.83. The molecule has 1 rings (SSSR count). The van der Waals surface area contributed by atoms with Gasteiger partial charge in [-0.3, -0.25) is 4.79 Å². The maximum absolute atomic E-state index is 11.7. The fourth-order valence-electron chi connectivity index (χ4n) is 1.39. The van der Waals surface area contributed by atoms with Crippen LogP contribution in [0.15, 0.2) is 30.9 Å². The number of carbonyl (C=O) groups is 1. The van der Waals surface area contributed by atoms with E-state index in [0.717, 1.165) is 5.69 Å². The smallest absolute Gasteiger partial charge is 0.251 e. The topological polar surface area (TPSA) is 67.2 Å². The highest BCUT2D eigenvalue weighted by molar-refractivity contribution is 5.96. The average molecular weight is 233 g/mol. The first kappa shape index (κ1) is 13.1. The lowest BCUT2D eigenvalue weighted by molar-refractivity contribution is 0.0956. The molecule has 17 heavy (non-hydrogen) atoms. The fourth-order valence-corrected chi connectivity index (χ4v) is 1.39. The minimum atomic E-state index is -0.0955. The third-order valence-electron chi connectivity index (χ3n) is 2.39. The van der Waals surface area contributed by atoms with Crippen LogP contribution in [0.1, 0.15) is 24.2 Å². The quantitative estimate of drug-likeness (QED) is 0.538. The van der Waals surface area contributed by atoms with Crippen molar-refractivity contribution in [1.29, 1.82) is 0 Å². The van der Waals surface area contributed by atoms with Crippen LogP contribution < -0.4 is 16.4 Å². The standard InChI is InChI=1S/C13H19N3O/c1-4-9(3)16-12-8-10(6-7-11(12)14)13(17)15-5-2/h4,6-9,16H,1,5,14H2,2-3H3,(H,15,17). The minimum Gasteiger partial charge on any atom is -0.397 e. The average Bonchev–Trinajstić information content (AvgIpc) is 2.32. The summed E-state index contributed by atoms with van der Waals surface area (Å²) >= 11 is 0. The molecule has 4 N–H and O–H groups in total. The van der Waals surface area contributed by atoms with Crippen molar-refractivity contribution in [2.45, 2.75) is 19.9 Å². The van der Waals surface area contributed by atoms with Gasteiger partial charge in [0, 0.05) is 18.2 Å². The zero-order chi connectivity index (χ0) is 12.8. The normalized spacial score (nSPS) is 11.6. The summed E-state index contributed by atoms with van der Waals surface area (Å²) < 4.78 is 0. The molecule has 0 aliphatic carbocycles. The van der Waals surface area contributed by atoms with Crippen LogP contribution in [0.2, 0.25) is 0 Å². The molecule has 0 heterocycles. The van der Waals surface area contributed by atoms with E-state index < -0.39 is 0 Å². The lowest BCUT2D eigenvalue weighted by atomic mass is 10.1. The molecule has 1 unspecified atom stereocenters. The van der Waals surface area contributed by atoms with Gasteiger partial charge in [0.05, 0.1) is 11.4 Å². The molecule has 0 bridgehead atoms.